The van der Waals surface area contributed by atoms with E-state index in [2.05, 4.69) is 4.98 Å². The maximum Gasteiger partial charge on any atom is 0.471 e. The number of carbonyl (C=O) groups is 2. The van der Waals surface area contributed by atoms with Crippen molar-refractivity contribution in [2.45, 2.75) is 19.5 Å². The van der Waals surface area contributed by atoms with Crippen LogP contribution in [0.2, 0.25) is 0 Å². The molecule has 1 heterocycles. The Morgan fingerprint density at radius 1 is 1.47 bits per heavy atom. The number of aromatic nitrogens is 1. The summed E-state index contributed by atoms with van der Waals surface area (Å²) >= 11 is 0.794. The lowest BCUT2D eigenvalue weighted by atomic mass is 10.3. The quantitative estimate of drug-likeness (QED) is 0.872. The maximum atomic E-state index is 11.9. The summed E-state index contributed by atoms with van der Waals surface area (Å²) in [6.07, 6.45) is -5.39. The molecule has 1 rings (SSSR count). The number of carbonyl (C=O) groups excluding carboxylic acids is 1. The Hall–Kier alpha value is -1.64. The minimum absolute atomic E-state index is 0.139. The third-order valence-electron chi connectivity index (χ3n) is 1.69. The highest BCUT2D eigenvalue weighted by Crippen LogP contribution is 2.24. The zero-order valence-corrected chi connectivity index (χ0v) is 9.28. The molecule has 5 nitrogen and oxygen atoms in total. The summed E-state index contributed by atoms with van der Waals surface area (Å²) in [5.41, 5.74) is 0.139. The molecule has 1 aromatic rings. The summed E-state index contributed by atoms with van der Waals surface area (Å²) in [6, 6.07) is 0. The smallest absolute Gasteiger partial charge is 0.471 e. The molecule has 94 valence electrons. The number of hydrogen-bond acceptors (Lipinski definition) is 4. The number of nitrogens with zero attached hydrogens (tertiary/aromatic N) is 1. The van der Waals surface area contributed by atoms with E-state index in [1.54, 1.807) is 5.32 Å². The predicted octanol–water partition coefficient (Wildman–Crippen LogP) is 1.58. The van der Waals surface area contributed by atoms with Crippen LogP contribution in [0, 0.1) is 6.92 Å². The molecule has 0 unspecified atom stereocenters. The number of aryl methyl sites for hydroxylation is 1. The number of carboxylic acids is 1. The first-order valence-electron chi connectivity index (χ1n) is 4.26. The van der Waals surface area contributed by atoms with E-state index in [9.17, 15) is 22.8 Å². The van der Waals surface area contributed by atoms with Gasteiger partial charge in [-0.25, -0.2) is 4.98 Å². The van der Waals surface area contributed by atoms with Crippen LogP contribution in [-0.4, -0.2) is 28.1 Å². The van der Waals surface area contributed by atoms with Gasteiger partial charge in [-0.2, -0.15) is 13.2 Å². The van der Waals surface area contributed by atoms with Crippen LogP contribution < -0.4 is 5.32 Å². The van der Waals surface area contributed by atoms with Crippen molar-refractivity contribution in [2.24, 2.45) is 0 Å². The summed E-state index contributed by atoms with van der Waals surface area (Å²) in [7, 11) is 0. The van der Waals surface area contributed by atoms with E-state index in [-0.39, 0.29) is 10.8 Å². The van der Waals surface area contributed by atoms with Crippen LogP contribution >= 0.6 is 11.3 Å². The van der Waals surface area contributed by atoms with Crippen molar-refractivity contribution in [2.75, 3.05) is 5.32 Å². The van der Waals surface area contributed by atoms with Gasteiger partial charge in [0.2, 0.25) is 0 Å². The summed E-state index contributed by atoms with van der Waals surface area (Å²) in [5, 5.41) is 9.81. The zero-order chi connectivity index (χ0) is 13.2. The predicted molar refractivity (Wildman–Crippen MR) is 52.9 cm³/mol. The molecular formula is C8H7F3N2O3S. The van der Waals surface area contributed by atoms with Crippen molar-refractivity contribution in [3.63, 3.8) is 0 Å². The SMILES string of the molecule is Cc1sc(NC(=O)C(F)(F)F)nc1CC(=O)O. The van der Waals surface area contributed by atoms with E-state index >= 15 is 0 Å². The van der Waals surface area contributed by atoms with Crippen LogP contribution in [0.15, 0.2) is 0 Å². The van der Waals surface area contributed by atoms with E-state index < -0.39 is 24.5 Å². The molecule has 0 spiro atoms. The summed E-state index contributed by atoms with van der Waals surface area (Å²) in [5.74, 6) is -3.28. The third kappa shape index (κ3) is 3.70. The fraction of sp³-hybridized carbons (Fsp3) is 0.375. The molecule has 0 saturated heterocycles. The minimum Gasteiger partial charge on any atom is -0.481 e. The van der Waals surface area contributed by atoms with Crippen LogP contribution in [0.1, 0.15) is 10.6 Å². The van der Waals surface area contributed by atoms with Crippen molar-refractivity contribution in [1.82, 2.24) is 4.98 Å². The van der Waals surface area contributed by atoms with Crippen molar-refractivity contribution in [1.29, 1.82) is 0 Å². The largest absolute Gasteiger partial charge is 0.481 e. The molecule has 0 bridgehead atoms. The van der Waals surface area contributed by atoms with Gasteiger partial charge in [-0.3, -0.25) is 14.9 Å². The Morgan fingerprint density at radius 2 is 2.06 bits per heavy atom. The Labute approximate surface area is 97.3 Å². The molecule has 0 aromatic carbocycles. The second-order valence-corrected chi connectivity index (χ2v) is 4.25. The van der Waals surface area contributed by atoms with Crippen LogP contribution in [-0.2, 0) is 16.0 Å². The monoisotopic (exact) mass is 268 g/mol. The van der Waals surface area contributed by atoms with Gasteiger partial charge in [0.15, 0.2) is 5.13 Å². The molecule has 1 amide bonds. The fourth-order valence-electron chi connectivity index (χ4n) is 0.957. The average molecular weight is 268 g/mol. The van der Waals surface area contributed by atoms with Crippen molar-refractivity contribution in [3.05, 3.63) is 10.6 Å². The lowest BCUT2D eigenvalue weighted by Gasteiger charge is -2.04. The molecule has 0 atom stereocenters. The van der Waals surface area contributed by atoms with Gasteiger partial charge in [0.25, 0.3) is 0 Å². The summed E-state index contributed by atoms with van der Waals surface area (Å²) in [6.45, 7) is 1.51. The van der Waals surface area contributed by atoms with Crippen molar-refractivity contribution in [3.8, 4) is 0 Å². The van der Waals surface area contributed by atoms with Gasteiger partial charge >= 0.3 is 18.1 Å². The van der Waals surface area contributed by atoms with Gasteiger partial charge in [-0.05, 0) is 6.92 Å². The van der Waals surface area contributed by atoms with E-state index in [0.717, 1.165) is 11.3 Å². The number of alkyl halides is 3. The molecule has 9 heteroatoms. The molecule has 2 N–H and O–H groups in total. The standard InChI is InChI=1S/C8H7F3N2O3S/c1-3-4(2-5(14)15)12-7(17-3)13-6(16)8(9,10)11/h2H2,1H3,(H,14,15)(H,12,13,16). The Morgan fingerprint density at radius 3 is 2.53 bits per heavy atom. The van der Waals surface area contributed by atoms with Crippen molar-refractivity contribution >= 4 is 28.3 Å². The number of carboxylic acid groups (broad SMARTS) is 1. The molecule has 0 aliphatic heterocycles. The van der Waals surface area contributed by atoms with Gasteiger partial charge in [0, 0.05) is 4.88 Å². The maximum absolute atomic E-state index is 11.9. The molecular weight excluding hydrogens is 261 g/mol. The highest BCUT2D eigenvalue weighted by Gasteiger charge is 2.39. The number of nitrogens with one attached hydrogen (secondary N) is 1. The zero-order valence-electron chi connectivity index (χ0n) is 8.46. The number of aliphatic carboxylic acids is 1. The number of anilines is 1. The molecule has 0 aliphatic carbocycles. The van der Waals surface area contributed by atoms with Crippen LogP contribution in [0.25, 0.3) is 0 Å². The first-order chi connectivity index (χ1) is 7.70. The normalized spacial score (nSPS) is 11.3. The lowest BCUT2D eigenvalue weighted by Crippen LogP contribution is -2.29. The number of thiazole rings is 1. The Balaban J connectivity index is 2.81. The highest BCUT2D eigenvalue weighted by atomic mass is 32.1. The second-order valence-electron chi connectivity index (χ2n) is 3.04. The van der Waals surface area contributed by atoms with Crippen LogP contribution in [0.4, 0.5) is 18.3 Å². The molecule has 0 saturated carbocycles. The minimum atomic E-state index is -4.99. The first-order valence-corrected chi connectivity index (χ1v) is 5.08. The van der Waals surface area contributed by atoms with Crippen LogP contribution in [0.5, 0.6) is 0 Å². The topological polar surface area (TPSA) is 79.3 Å². The molecule has 0 fully saturated rings. The number of halogens is 3. The first kappa shape index (κ1) is 13.4. The molecule has 0 radical (unpaired) electrons. The van der Waals surface area contributed by atoms with Gasteiger partial charge in [-0.1, -0.05) is 0 Å². The number of hydrogen-bond donors (Lipinski definition) is 2. The van der Waals surface area contributed by atoms with Gasteiger partial charge in [0.1, 0.15) is 0 Å². The average Bonchev–Trinajstić information content (AvgIpc) is 2.44. The number of rotatable bonds is 3. The Kier molecular flexibility index (Phi) is 3.71. The van der Waals surface area contributed by atoms with Gasteiger partial charge in [-0.15, -0.1) is 11.3 Å². The summed E-state index contributed by atoms with van der Waals surface area (Å²) < 4.78 is 35.8. The van der Waals surface area contributed by atoms with Gasteiger partial charge < -0.3 is 5.11 Å². The highest BCUT2D eigenvalue weighted by molar-refractivity contribution is 7.15. The molecule has 0 aliphatic rings. The molecule has 17 heavy (non-hydrogen) atoms. The van der Waals surface area contributed by atoms with Crippen LogP contribution in [0.3, 0.4) is 0 Å². The van der Waals surface area contributed by atoms with Gasteiger partial charge in [0.05, 0.1) is 12.1 Å². The third-order valence-corrected chi connectivity index (χ3v) is 2.62. The van der Waals surface area contributed by atoms with E-state index in [1.165, 1.54) is 6.92 Å². The lowest BCUT2D eigenvalue weighted by molar-refractivity contribution is -0.167. The van der Waals surface area contributed by atoms with E-state index in [4.69, 9.17) is 5.11 Å². The molecule has 1 aromatic heterocycles. The van der Waals surface area contributed by atoms with E-state index in [1.807, 2.05) is 0 Å². The van der Waals surface area contributed by atoms with Crippen molar-refractivity contribution < 1.29 is 27.9 Å². The summed E-state index contributed by atoms with van der Waals surface area (Å²) in [4.78, 5) is 25.1. The second kappa shape index (κ2) is 4.70. The Bertz CT molecular complexity index is 455. The number of amides is 1. The fourth-order valence-corrected chi connectivity index (χ4v) is 1.78. The van der Waals surface area contributed by atoms with E-state index in [0.29, 0.717) is 4.88 Å².